The number of H-pyrrole nitrogens is 1. The van der Waals surface area contributed by atoms with Crippen molar-refractivity contribution in [2.45, 2.75) is 45.4 Å². The maximum Gasteiger partial charge on any atom is 0.228 e. The van der Waals surface area contributed by atoms with Crippen LogP contribution in [0.1, 0.15) is 54.5 Å². The van der Waals surface area contributed by atoms with Gasteiger partial charge in [0.2, 0.25) is 5.91 Å². The molecule has 8 heteroatoms. The number of carbonyl (C=O) groups excluding carboxylic acids is 1. The van der Waals surface area contributed by atoms with E-state index in [2.05, 4.69) is 71.0 Å². The number of aromatic amines is 1. The van der Waals surface area contributed by atoms with Gasteiger partial charge in [0.1, 0.15) is 6.33 Å². The Bertz CT molecular complexity index is 1370. The number of likely N-dealkylation sites (tertiary alicyclic amines) is 2. The van der Waals surface area contributed by atoms with Crippen molar-refractivity contribution in [3.05, 3.63) is 40.7 Å². The quantitative estimate of drug-likeness (QED) is 0.466. The highest BCUT2D eigenvalue weighted by molar-refractivity contribution is 7.19. The van der Waals surface area contributed by atoms with Crippen LogP contribution >= 0.6 is 11.3 Å². The van der Waals surface area contributed by atoms with E-state index in [-0.39, 0.29) is 5.92 Å². The Balaban J connectivity index is 1.26. The molecule has 2 saturated heterocycles. The molecule has 0 radical (unpaired) electrons. The summed E-state index contributed by atoms with van der Waals surface area (Å²) in [5, 5.41) is 4.36. The van der Waals surface area contributed by atoms with Crippen LogP contribution in [0.2, 0.25) is 0 Å². The zero-order chi connectivity index (χ0) is 23.6. The number of amides is 1. The molecular weight excluding hydrogens is 444 g/mol. The summed E-state index contributed by atoms with van der Waals surface area (Å²) >= 11 is 1.94. The predicted molar refractivity (Wildman–Crippen MR) is 137 cm³/mol. The summed E-state index contributed by atoms with van der Waals surface area (Å²) in [5.74, 6) is 1.52. The summed E-state index contributed by atoms with van der Waals surface area (Å²) in [7, 11) is 2.08. The molecule has 1 amide bonds. The highest BCUT2D eigenvalue weighted by Crippen LogP contribution is 2.43. The van der Waals surface area contributed by atoms with Crippen LogP contribution in [-0.4, -0.2) is 68.5 Å². The number of hydrogen-bond acceptors (Lipinski definition) is 5. The fraction of sp³-hybridized carbons (Fsp3) is 0.500. The number of fused-ring (bicyclic) bond motifs is 2. The second kappa shape index (κ2) is 8.20. The van der Waals surface area contributed by atoms with Gasteiger partial charge < -0.3 is 14.8 Å². The van der Waals surface area contributed by atoms with Gasteiger partial charge in [-0.1, -0.05) is 13.8 Å². The topological polar surface area (TPSA) is 69.5 Å². The lowest BCUT2D eigenvalue weighted by molar-refractivity contribution is -0.141. The van der Waals surface area contributed by atoms with Gasteiger partial charge in [-0.3, -0.25) is 4.79 Å². The Kier molecular flexibility index (Phi) is 5.26. The summed E-state index contributed by atoms with van der Waals surface area (Å²) < 4.78 is 3.23. The molecule has 0 aliphatic carbocycles. The first kappa shape index (κ1) is 21.8. The van der Waals surface area contributed by atoms with Gasteiger partial charge in [-0.2, -0.15) is 5.10 Å². The number of piperidine rings is 1. The lowest BCUT2D eigenvalue weighted by Crippen LogP contribution is -2.53. The van der Waals surface area contributed by atoms with E-state index in [1.165, 1.54) is 26.4 Å². The standard InChI is InChI=1S/C26H32N6OS/c1-15(2)22-23(18-9-16(3)25-27-14-28-32(25)13-18)29-20-10-21(34-24(20)22)17-5-7-31(8-6-17)26(33)19-11-30(4)12-19/h9-10,13-15,17,19,29H,5-8,11-12H2,1-4H3. The van der Waals surface area contributed by atoms with E-state index in [1.54, 1.807) is 6.33 Å². The molecule has 2 fully saturated rings. The molecule has 34 heavy (non-hydrogen) atoms. The van der Waals surface area contributed by atoms with Gasteiger partial charge in [0.05, 0.1) is 21.8 Å². The van der Waals surface area contributed by atoms with Gasteiger partial charge in [0.25, 0.3) is 0 Å². The summed E-state index contributed by atoms with van der Waals surface area (Å²) in [4.78, 5) is 26.6. The van der Waals surface area contributed by atoms with Crippen LogP contribution in [-0.2, 0) is 4.79 Å². The summed E-state index contributed by atoms with van der Waals surface area (Å²) in [6, 6.07) is 4.57. The number of aromatic nitrogens is 4. The summed E-state index contributed by atoms with van der Waals surface area (Å²) in [5.41, 5.74) is 6.97. The minimum atomic E-state index is 0.217. The van der Waals surface area contributed by atoms with Gasteiger partial charge in [-0.25, -0.2) is 9.50 Å². The number of rotatable bonds is 4. The van der Waals surface area contributed by atoms with Crippen molar-refractivity contribution in [3.63, 3.8) is 0 Å². The highest BCUT2D eigenvalue weighted by atomic mass is 32.1. The molecular formula is C26H32N6OS. The molecule has 6 rings (SSSR count). The van der Waals surface area contributed by atoms with Crippen molar-refractivity contribution in [2.24, 2.45) is 5.92 Å². The average Bonchev–Trinajstić information content (AvgIpc) is 3.50. The van der Waals surface area contributed by atoms with Crippen molar-refractivity contribution < 1.29 is 4.79 Å². The molecule has 0 bridgehead atoms. The number of carbonyl (C=O) groups is 1. The molecule has 4 aromatic heterocycles. The average molecular weight is 477 g/mol. The normalized spacial score (nSPS) is 18.4. The van der Waals surface area contributed by atoms with Crippen LogP contribution in [0.25, 0.3) is 27.1 Å². The van der Waals surface area contributed by atoms with Crippen LogP contribution in [0, 0.1) is 12.8 Å². The van der Waals surface area contributed by atoms with Gasteiger partial charge in [-0.15, -0.1) is 11.3 Å². The van der Waals surface area contributed by atoms with E-state index in [4.69, 9.17) is 0 Å². The third-order valence-corrected chi connectivity index (χ3v) is 8.90. The van der Waals surface area contributed by atoms with Crippen molar-refractivity contribution in [3.8, 4) is 11.3 Å². The minimum absolute atomic E-state index is 0.217. The smallest absolute Gasteiger partial charge is 0.228 e. The van der Waals surface area contributed by atoms with Gasteiger partial charge >= 0.3 is 0 Å². The van der Waals surface area contributed by atoms with E-state index in [0.717, 1.165) is 55.8 Å². The Morgan fingerprint density at radius 3 is 2.68 bits per heavy atom. The van der Waals surface area contributed by atoms with E-state index >= 15 is 0 Å². The Labute approximate surface area is 203 Å². The predicted octanol–water partition coefficient (Wildman–Crippen LogP) is 4.64. The van der Waals surface area contributed by atoms with Crippen LogP contribution < -0.4 is 0 Å². The Morgan fingerprint density at radius 1 is 1.21 bits per heavy atom. The molecule has 2 aliphatic rings. The largest absolute Gasteiger partial charge is 0.354 e. The number of nitrogens with zero attached hydrogens (tertiary/aromatic N) is 5. The molecule has 0 atom stereocenters. The fourth-order valence-electron chi connectivity index (χ4n) is 5.73. The van der Waals surface area contributed by atoms with Crippen LogP contribution in [0.15, 0.2) is 24.7 Å². The molecule has 6 heterocycles. The number of thiophene rings is 1. The van der Waals surface area contributed by atoms with Crippen molar-refractivity contribution in [2.75, 3.05) is 33.2 Å². The number of pyridine rings is 1. The van der Waals surface area contributed by atoms with E-state index < -0.39 is 0 Å². The molecule has 4 aromatic rings. The SMILES string of the molecule is Cc1cc(-c2[nH]c3cc(C4CCN(C(=O)C5CN(C)C5)CC4)sc3c2C(C)C)cn2ncnc12. The van der Waals surface area contributed by atoms with E-state index in [9.17, 15) is 4.79 Å². The lowest BCUT2D eigenvalue weighted by atomic mass is 9.92. The molecule has 1 N–H and O–H groups in total. The second-order valence-corrected chi connectivity index (χ2v) is 11.5. The first-order chi connectivity index (χ1) is 16.4. The zero-order valence-electron chi connectivity index (χ0n) is 20.3. The van der Waals surface area contributed by atoms with Crippen LogP contribution in [0.4, 0.5) is 0 Å². The molecule has 0 spiro atoms. The molecule has 0 unspecified atom stereocenters. The summed E-state index contributed by atoms with van der Waals surface area (Å²) in [6.07, 6.45) is 5.80. The van der Waals surface area contributed by atoms with Crippen molar-refractivity contribution in [1.82, 2.24) is 29.4 Å². The number of hydrogen-bond donors (Lipinski definition) is 1. The molecule has 178 valence electrons. The van der Waals surface area contributed by atoms with E-state index in [1.807, 2.05) is 15.9 Å². The van der Waals surface area contributed by atoms with E-state index in [0.29, 0.717) is 17.7 Å². The molecule has 7 nitrogen and oxygen atoms in total. The molecule has 2 aliphatic heterocycles. The van der Waals surface area contributed by atoms with Crippen molar-refractivity contribution in [1.29, 1.82) is 0 Å². The summed E-state index contributed by atoms with van der Waals surface area (Å²) in [6.45, 7) is 10.2. The second-order valence-electron chi connectivity index (χ2n) is 10.4. The van der Waals surface area contributed by atoms with Crippen LogP contribution in [0.5, 0.6) is 0 Å². The number of nitrogens with one attached hydrogen (secondary N) is 1. The van der Waals surface area contributed by atoms with Gasteiger partial charge in [0.15, 0.2) is 5.65 Å². The molecule has 0 aromatic carbocycles. The highest BCUT2D eigenvalue weighted by Gasteiger charge is 2.35. The Morgan fingerprint density at radius 2 is 1.97 bits per heavy atom. The monoisotopic (exact) mass is 476 g/mol. The first-order valence-electron chi connectivity index (χ1n) is 12.3. The third-order valence-electron chi connectivity index (χ3n) is 7.57. The Hall–Kier alpha value is -2.71. The first-order valence-corrected chi connectivity index (χ1v) is 13.1. The third kappa shape index (κ3) is 3.55. The molecule has 0 saturated carbocycles. The van der Waals surface area contributed by atoms with Crippen molar-refractivity contribution >= 4 is 33.1 Å². The van der Waals surface area contributed by atoms with Gasteiger partial charge in [-0.05, 0) is 61.9 Å². The lowest BCUT2D eigenvalue weighted by Gasteiger charge is -2.40. The fourth-order valence-corrected chi connectivity index (χ4v) is 7.21. The zero-order valence-corrected chi connectivity index (χ0v) is 21.2. The number of aryl methyl sites for hydroxylation is 1. The minimum Gasteiger partial charge on any atom is -0.354 e. The maximum atomic E-state index is 12.7. The van der Waals surface area contributed by atoms with Gasteiger partial charge in [0, 0.05) is 42.8 Å². The maximum absolute atomic E-state index is 12.7. The van der Waals surface area contributed by atoms with Crippen LogP contribution in [0.3, 0.4) is 0 Å².